The Morgan fingerprint density at radius 2 is 2.04 bits per heavy atom. The first kappa shape index (κ1) is 15.7. The first-order valence-electron chi connectivity index (χ1n) is 7.26. The van der Waals surface area contributed by atoms with Crippen LogP contribution in [0.4, 0.5) is 4.39 Å². The lowest BCUT2D eigenvalue weighted by Crippen LogP contribution is -2.10. The molecule has 3 rings (SSSR count). The number of hydrogen-bond donors (Lipinski definition) is 0. The molecule has 1 heterocycles. The summed E-state index contributed by atoms with van der Waals surface area (Å²) in [6, 6.07) is 15.3. The molecule has 3 aromatic rings. The number of nitrogens with zero attached hydrogens (tertiary/aromatic N) is 2. The van der Waals surface area contributed by atoms with E-state index in [0.717, 1.165) is 11.1 Å². The van der Waals surface area contributed by atoms with Crippen molar-refractivity contribution < 1.29 is 18.5 Å². The van der Waals surface area contributed by atoms with E-state index in [-0.39, 0.29) is 12.4 Å². The standard InChI is InChI=1S/C18H15FN2O3/c1-22-21-18(17-9-10-24-20-17)16-8-3-2-5-13(16)12-23-15-7-4-6-14(19)11-15/h2-11H,12H2,1H3/b21-18-. The van der Waals surface area contributed by atoms with E-state index in [1.807, 2.05) is 24.3 Å². The van der Waals surface area contributed by atoms with Crippen LogP contribution in [0.3, 0.4) is 0 Å². The van der Waals surface area contributed by atoms with Gasteiger partial charge in [-0.2, -0.15) is 0 Å². The minimum absolute atomic E-state index is 0.250. The number of aromatic nitrogens is 1. The molecule has 0 radical (unpaired) electrons. The summed E-state index contributed by atoms with van der Waals surface area (Å²) in [7, 11) is 1.46. The Balaban J connectivity index is 1.88. The van der Waals surface area contributed by atoms with Crippen LogP contribution in [0, 0.1) is 5.82 Å². The SMILES string of the molecule is CO/N=C(\c1ccon1)c1ccccc1COc1cccc(F)c1. The molecule has 2 aromatic carbocycles. The second-order valence-electron chi connectivity index (χ2n) is 4.91. The van der Waals surface area contributed by atoms with Gasteiger partial charge in [-0.15, -0.1) is 0 Å². The predicted molar refractivity (Wildman–Crippen MR) is 86.3 cm³/mol. The van der Waals surface area contributed by atoms with Gasteiger partial charge in [-0.3, -0.25) is 0 Å². The van der Waals surface area contributed by atoms with E-state index in [1.54, 1.807) is 18.2 Å². The fourth-order valence-corrected chi connectivity index (χ4v) is 2.25. The molecule has 0 aliphatic rings. The maximum atomic E-state index is 13.3. The van der Waals surface area contributed by atoms with Crippen LogP contribution in [-0.2, 0) is 11.4 Å². The zero-order valence-electron chi connectivity index (χ0n) is 13.0. The van der Waals surface area contributed by atoms with Gasteiger partial charge in [0.15, 0.2) is 0 Å². The van der Waals surface area contributed by atoms with Crippen LogP contribution in [0.15, 0.2) is 70.5 Å². The molecule has 0 saturated heterocycles. The summed E-state index contributed by atoms with van der Waals surface area (Å²) in [4.78, 5) is 4.93. The van der Waals surface area contributed by atoms with Gasteiger partial charge in [-0.05, 0) is 17.7 Å². The zero-order valence-corrected chi connectivity index (χ0v) is 13.0. The molecule has 0 saturated carbocycles. The van der Waals surface area contributed by atoms with Gasteiger partial charge in [0, 0.05) is 17.7 Å². The molecule has 122 valence electrons. The van der Waals surface area contributed by atoms with Crippen LogP contribution in [0.5, 0.6) is 5.75 Å². The van der Waals surface area contributed by atoms with Gasteiger partial charge < -0.3 is 14.1 Å². The number of benzene rings is 2. The Bertz CT molecular complexity index is 832. The lowest BCUT2D eigenvalue weighted by atomic mass is 10.0. The highest BCUT2D eigenvalue weighted by atomic mass is 19.1. The van der Waals surface area contributed by atoms with E-state index in [0.29, 0.717) is 17.2 Å². The van der Waals surface area contributed by atoms with Crippen molar-refractivity contribution in [2.24, 2.45) is 5.16 Å². The van der Waals surface area contributed by atoms with E-state index < -0.39 is 0 Å². The van der Waals surface area contributed by atoms with E-state index in [4.69, 9.17) is 14.1 Å². The number of ether oxygens (including phenoxy) is 1. The molecular formula is C18H15FN2O3. The van der Waals surface area contributed by atoms with Crippen molar-refractivity contribution >= 4 is 5.71 Å². The molecule has 0 amide bonds. The van der Waals surface area contributed by atoms with Gasteiger partial charge in [-0.1, -0.05) is 40.6 Å². The third-order valence-corrected chi connectivity index (χ3v) is 3.33. The summed E-state index contributed by atoms with van der Waals surface area (Å²) >= 11 is 0. The van der Waals surface area contributed by atoms with Crippen molar-refractivity contribution in [3.63, 3.8) is 0 Å². The summed E-state index contributed by atoms with van der Waals surface area (Å²) in [5, 5.41) is 7.95. The minimum Gasteiger partial charge on any atom is -0.489 e. The average Bonchev–Trinajstić information content (AvgIpc) is 3.13. The van der Waals surface area contributed by atoms with Crippen LogP contribution in [0.25, 0.3) is 0 Å². The summed E-state index contributed by atoms with van der Waals surface area (Å²) < 4.78 is 23.8. The van der Waals surface area contributed by atoms with Crippen molar-refractivity contribution in [2.75, 3.05) is 7.11 Å². The molecule has 0 fully saturated rings. The lowest BCUT2D eigenvalue weighted by Gasteiger charge is -2.11. The highest BCUT2D eigenvalue weighted by Crippen LogP contribution is 2.19. The molecule has 0 aliphatic heterocycles. The summed E-state index contributed by atoms with van der Waals surface area (Å²) in [6.45, 7) is 0.250. The predicted octanol–water partition coefficient (Wildman–Crippen LogP) is 3.79. The summed E-state index contributed by atoms with van der Waals surface area (Å²) in [5.41, 5.74) is 2.74. The van der Waals surface area contributed by atoms with E-state index in [2.05, 4.69) is 10.3 Å². The van der Waals surface area contributed by atoms with Crippen LogP contribution in [-0.4, -0.2) is 18.0 Å². The Morgan fingerprint density at radius 1 is 1.17 bits per heavy atom. The fraction of sp³-hybridized carbons (Fsp3) is 0.111. The summed E-state index contributed by atoms with van der Waals surface area (Å²) in [6.07, 6.45) is 1.46. The Morgan fingerprint density at radius 3 is 2.79 bits per heavy atom. The zero-order chi connectivity index (χ0) is 16.8. The molecule has 0 unspecified atom stereocenters. The largest absolute Gasteiger partial charge is 0.489 e. The highest BCUT2D eigenvalue weighted by molar-refractivity contribution is 6.12. The molecule has 1 aromatic heterocycles. The molecule has 0 atom stereocenters. The Hall–Kier alpha value is -3.15. The van der Waals surface area contributed by atoms with Gasteiger partial charge in [0.05, 0.1) is 0 Å². The molecule has 6 heteroatoms. The Labute approximate surface area is 138 Å². The summed E-state index contributed by atoms with van der Waals surface area (Å²) in [5.74, 6) is 0.112. The number of oxime groups is 1. The lowest BCUT2D eigenvalue weighted by molar-refractivity contribution is 0.213. The van der Waals surface area contributed by atoms with Gasteiger partial charge in [0.25, 0.3) is 0 Å². The minimum atomic E-state index is -0.343. The topological polar surface area (TPSA) is 56.9 Å². The molecule has 24 heavy (non-hydrogen) atoms. The maximum absolute atomic E-state index is 13.3. The normalized spacial score (nSPS) is 11.3. The number of halogens is 1. The second kappa shape index (κ2) is 7.41. The monoisotopic (exact) mass is 326 g/mol. The molecule has 0 N–H and O–H groups in total. The quantitative estimate of drug-likeness (QED) is 0.511. The van der Waals surface area contributed by atoms with Crippen LogP contribution in [0.2, 0.25) is 0 Å². The third-order valence-electron chi connectivity index (χ3n) is 3.33. The molecule has 5 nitrogen and oxygen atoms in total. The van der Waals surface area contributed by atoms with Gasteiger partial charge in [0.1, 0.15) is 43.0 Å². The molecule has 0 spiro atoms. The molecule has 0 bridgehead atoms. The fourth-order valence-electron chi connectivity index (χ4n) is 2.25. The average molecular weight is 326 g/mol. The van der Waals surface area contributed by atoms with Crippen LogP contribution >= 0.6 is 0 Å². The second-order valence-corrected chi connectivity index (χ2v) is 4.91. The third kappa shape index (κ3) is 3.60. The van der Waals surface area contributed by atoms with Crippen molar-refractivity contribution in [3.8, 4) is 5.75 Å². The first-order chi connectivity index (χ1) is 11.8. The Kier molecular flexibility index (Phi) is 4.86. The van der Waals surface area contributed by atoms with Crippen molar-refractivity contribution in [3.05, 3.63) is 83.5 Å². The number of rotatable bonds is 6. The molecular weight excluding hydrogens is 311 g/mol. The van der Waals surface area contributed by atoms with Crippen LogP contribution in [0.1, 0.15) is 16.8 Å². The maximum Gasteiger partial charge on any atom is 0.139 e. The van der Waals surface area contributed by atoms with Crippen molar-refractivity contribution in [2.45, 2.75) is 6.61 Å². The van der Waals surface area contributed by atoms with E-state index in [1.165, 1.54) is 25.5 Å². The smallest absolute Gasteiger partial charge is 0.139 e. The molecule has 0 aliphatic carbocycles. The first-order valence-corrected chi connectivity index (χ1v) is 7.26. The van der Waals surface area contributed by atoms with E-state index >= 15 is 0 Å². The van der Waals surface area contributed by atoms with Gasteiger partial charge in [-0.25, -0.2) is 4.39 Å². The number of hydrogen-bond acceptors (Lipinski definition) is 5. The van der Waals surface area contributed by atoms with Crippen molar-refractivity contribution in [1.29, 1.82) is 0 Å². The van der Waals surface area contributed by atoms with Crippen LogP contribution < -0.4 is 4.74 Å². The van der Waals surface area contributed by atoms with Gasteiger partial charge >= 0.3 is 0 Å². The van der Waals surface area contributed by atoms with E-state index in [9.17, 15) is 4.39 Å². The van der Waals surface area contributed by atoms with Gasteiger partial charge in [0.2, 0.25) is 0 Å². The van der Waals surface area contributed by atoms with Crippen molar-refractivity contribution in [1.82, 2.24) is 5.16 Å². The highest BCUT2D eigenvalue weighted by Gasteiger charge is 2.15.